The Morgan fingerprint density at radius 3 is 2.81 bits per heavy atom. The smallest absolute Gasteiger partial charge is 0.264 e. The summed E-state index contributed by atoms with van der Waals surface area (Å²) in [5.41, 5.74) is 0.380. The van der Waals surface area contributed by atoms with E-state index >= 15 is 0 Å². The number of carbonyl (C=O) groups is 1. The lowest BCUT2D eigenvalue weighted by molar-refractivity contribution is 0.0972. The van der Waals surface area contributed by atoms with Crippen molar-refractivity contribution in [1.82, 2.24) is 5.32 Å². The van der Waals surface area contributed by atoms with Gasteiger partial charge in [0.1, 0.15) is 0 Å². The molecule has 5 heteroatoms. The van der Waals surface area contributed by atoms with Crippen molar-refractivity contribution in [1.29, 1.82) is 5.26 Å². The highest BCUT2D eigenvalue weighted by atomic mass is 16.5. The second-order valence-electron chi connectivity index (χ2n) is 3.28. The van der Waals surface area contributed by atoms with Crippen molar-refractivity contribution < 1.29 is 14.3 Å². The number of hydrogen-bond acceptors (Lipinski definition) is 4. The van der Waals surface area contributed by atoms with Crippen molar-refractivity contribution in [3.05, 3.63) is 23.8 Å². The second-order valence-corrected chi connectivity index (χ2v) is 3.28. The Labute approximate surface area is 92.6 Å². The first-order valence-corrected chi connectivity index (χ1v) is 4.90. The molecule has 0 spiro atoms. The third-order valence-electron chi connectivity index (χ3n) is 2.18. The molecule has 1 aromatic rings. The molecule has 0 atom stereocenters. The van der Waals surface area contributed by atoms with Gasteiger partial charge in [0.2, 0.25) is 0 Å². The normalized spacial score (nSPS) is 13.4. The largest absolute Gasteiger partial charge is 0.490 e. The average Bonchev–Trinajstić information content (AvgIpc) is 2.53. The van der Waals surface area contributed by atoms with E-state index in [1.54, 1.807) is 24.4 Å². The van der Waals surface area contributed by atoms with Crippen molar-refractivity contribution >= 4 is 5.91 Å². The molecule has 0 radical (unpaired) electrons. The first kappa shape index (κ1) is 10.3. The maximum absolute atomic E-state index is 11.4. The third-order valence-corrected chi connectivity index (χ3v) is 2.18. The lowest BCUT2D eigenvalue weighted by atomic mass is 10.2. The summed E-state index contributed by atoms with van der Waals surface area (Å²) in [6.07, 6.45) is 2.40. The van der Waals surface area contributed by atoms with E-state index in [9.17, 15) is 4.79 Å². The van der Waals surface area contributed by atoms with E-state index < -0.39 is 5.91 Å². The molecule has 0 unspecified atom stereocenters. The topological polar surface area (TPSA) is 71.4 Å². The summed E-state index contributed by atoms with van der Waals surface area (Å²) in [6, 6.07) is 4.85. The minimum atomic E-state index is -0.446. The van der Waals surface area contributed by atoms with Crippen molar-refractivity contribution in [3.63, 3.8) is 0 Å². The van der Waals surface area contributed by atoms with Gasteiger partial charge < -0.3 is 9.47 Å². The van der Waals surface area contributed by atoms with E-state index in [0.717, 1.165) is 6.42 Å². The lowest BCUT2D eigenvalue weighted by Crippen LogP contribution is -2.17. The summed E-state index contributed by atoms with van der Waals surface area (Å²) in [5, 5.41) is 10.4. The third kappa shape index (κ3) is 2.06. The van der Waals surface area contributed by atoms with Gasteiger partial charge in [0, 0.05) is 12.0 Å². The summed E-state index contributed by atoms with van der Waals surface area (Å²) >= 11 is 0. The Balaban J connectivity index is 2.28. The fraction of sp³-hybridized carbons (Fsp3) is 0.273. The zero-order valence-electron chi connectivity index (χ0n) is 8.53. The zero-order chi connectivity index (χ0) is 11.4. The Morgan fingerprint density at radius 2 is 2.06 bits per heavy atom. The maximum Gasteiger partial charge on any atom is 0.264 e. The van der Waals surface area contributed by atoms with Crippen LogP contribution in [0.1, 0.15) is 16.8 Å². The van der Waals surface area contributed by atoms with Crippen LogP contribution in [0.25, 0.3) is 0 Å². The highest BCUT2D eigenvalue weighted by molar-refractivity contribution is 5.95. The molecule has 0 saturated heterocycles. The number of amides is 1. The molecule has 1 aliphatic heterocycles. The number of nitrogens with zero attached hydrogens (tertiary/aromatic N) is 1. The molecular weight excluding hydrogens is 208 g/mol. The Morgan fingerprint density at radius 1 is 1.31 bits per heavy atom. The zero-order valence-corrected chi connectivity index (χ0v) is 8.53. The monoisotopic (exact) mass is 218 g/mol. The molecule has 0 fully saturated rings. The van der Waals surface area contributed by atoms with Crippen LogP contribution in [-0.4, -0.2) is 19.1 Å². The second kappa shape index (κ2) is 4.53. The number of ether oxygens (including phenoxy) is 2. The molecule has 2 rings (SSSR count). The number of carbonyl (C=O) groups excluding carboxylic acids is 1. The fourth-order valence-corrected chi connectivity index (χ4v) is 1.43. The standard InChI is InChI=1S/C11H10N2O3/c12-7-13-11(14)8-2-3-9-10(6-8)16-5-1-4-15-9/h2-3,6H,1,4-5H2,(H,13,14). The van der Waals surface area contributed by atoms with Gasteiger partial charge in [0.25, 0.3) is 5.91 Å². The van der Waals surface area contributed by atoms with Gasteiger partial charge in [0.05, 0.1) is 13.2 Å². The number of nitrogens with one attached hydrogen (secondary N) is 1. The van der Waals surface area contributed by atoms with Crippen LogP contribution in [0.2, 0.25) is 0 Å². The van der Waals surface area contributed by atoms with Gasteiger partial charge >= 0.3 is 0 Å². The van der Waals surface area contributed by atoms with Gasteiger partial charge in [-0.05, 0) is 18.2 Å². The van der Waals surface area contributed by atoms with E-state index in [0.29, 0.717) is 30.3 Å². The molecule has 1 heterocycles. The predicted octanol–water partition coefficient (Wildman–Crippen LogP) is 1.06. The molecule has 1 N–H and O–H groups in total. The fourth-order valence-electron chi connectivity index (χ4n) is 1.43. The van der Waals surface area contributed by atoms with Gasteiger partial charge in [-0.15, -0.1) is 0 Å². The lowest BCUT2D eigenvalue weighted by Gasteiger charge is -2.07. The van der Waals surface area contributed by atoms with Crippen molar-refractivity contribution in [3.8, 4) is 17.7 Å². The maximum atomic E-state index is 11.4. The van der Waals surface area contributed by atoms with Crippen LogP contribution < -0.4 is 14.8 Å². The van der Waals surface area contributed by atoms with Crippen LogP contribution in [0.3, 0.4) is 0 Å². The molecule has 16 heavy (non-hydrogen) atoms. The first-order chi connectivity index (χ1) is 7.81. The van der Waals surface area contributed by atoms with Crippen molar-refractivity contribution in [2.75, 3.05) is 13.2 Å². The Kier molecular flexibility index (Phi) is 2.92. The van der Waals surface area contributed by atoms with Gasteiger partial charge in [-0.2, -0.15) is 5.26 Å². The first-order valence-electron chi connectivity index (χ1n) is 4.90. The Bertz CT molecular complexity index is 451. The quantitative estimate of drug-likeness (QED) is 0.565. The molecule has 82 valence electrons. The van der Waals surface area contributed by atoms with Crippen LogP contribution in [0.4, 0.5) is 0 Å². The van der Waals surface area contributed by atoms with Crippen LogP contribution in [-0.2, 0) is 0 Å². The number of fused-ring (bicyclic) bond motifs is 1. The Hall–Kier alpha value is -2.22. The minimum Gasteiger partial charge on any atom is -0.490 e. The van der Waals surface area contributed by atoms with Gasteiger partial charge in [-0.25, -0.2) is 0 Å². The molecule has 0 aliphatic carbocycles. The molecule has 0 bridgehead atoms. The molecular formula is C11H10N2O3. The van der Waals surface area contributed by atoms with Crippen LogP contribution in [0, 0.1) is 11.5 Å². The molecule has 1 aromatic carbocycles. The minimum absolute atomic E-state index is 0.380. The van der Waals surface area contributed by atoms with Crippen molar-refractivity contribution in [2.24, 2.45) is 0 Å². The molecule has 1 aliphatic rings. The van der Waals surface area contributed by atoms with Crippen LogP contribution in [0.5, 0.6) is 11.5 Å². The summed E-state index contributed by atoms with van der Waals surface area (Å²) in [6.45, 7) is 1.17. The van der Waals surface area contributed by atoms with Gasteiger partial charge in [-0.3, -0.25) is 10.1 Å². The van der Waals surface area contributed by atoms with E-state index in [1.807, 2.05) is 0 Å². The van der Waals surface area contributed by atoms with Crippen molar-refractivity contribution in [2.45, 2.75) is 6.42 Å². The number of benzene rings is 1. The van der Waals surface area contributed by atoms with E-state index in [1.165, 1.54) is 0 Å². The van der Waals surface area contributed by atoms with Crippen LogP contribution in [0.15, 0.2) is 18.2 Å². The highest BCUT2D eigenvalue weighted by Crippen LogP contribution is 2.30. The SMILES string of the molecule is N#CNC(=O)c1ccc2c(c1)OCCCO2. The predicted molar refractivity (Wildman–Crippen MR) is 55.1 cm³/mol. The van der Waals surface area contributed by atoms with Gasteiger partial charge in [0.15, 0.2) is 17.7 Å². The summed E-state index contributed by atoms with van der Waals surface area (Å²) in [7, 11) is 0. The molecule has 5 nitrogen and oxygen atoms in total. The highest BCUT2D eigenvalue weighted by Gasteiger charge is 2.13. The summed E-state index contributed by atoms with van der Waals surface area (Å²) < 4.78 is 10.9. The van der Waals surface area contributed by atoms with E-state index in [4.69, 9.17) is 14.7 Å². The van der Waals surface area contributed by atoms with E-state index in [2.05, 4.69) is 5.32 Å². The number of hydrogen-bond donors (Lipinski definition) is 1. The summed E-state index contributed by atoms with van der Waals surface area (Å²) in [4.78, 5) is 11.4. The van der Waals surface area contributed by atoms with Gasteiger partial charge in [-0.1, -0.05) is 0 Å². The van der Waals surface area contributed by atoms with Crippen LogP contribution >= 0.6 is 0 Å². The average molecular weight is 218 g/mol. The van der Waals surface area contributed by atoms with E-state index in [-0.39, 0.29) is 0 Å². The number of rotatable bonds is 1. The molecule has 0 saturated carbocycles. The molecule has 0 aromatic heterocycles. The number of nitriles is 1. The summed E-state index contributed by atoms with van der Waals surface area (Å²) in [5.74, 6) is 0.729. The molecule has 1 amide bonds.